The van der Waals surface area contributed by atoms with Crippen LogP contribution in [0.4, 0.5) is 23.3 Å². The average molecular weight is 1440 g/mol. The Morgan fingerprint density at radius 2 is 0.949 bits per heavy atom. The first-order valence-electron chi connectivity index (χ1n) is 30.9. The first-order valence-corrected chi connectivity index (χ1v) is 36.5. The Balaban J connectivity index is 0.000000129. The molecule has 0 saturated carbocycles. The number of nitrogens with zero attached hydrogens (tertiary/aromatic N) is 10. The number of ether oxygens (including phenoxy) is 3. The molecule has 489 valence electrons. The Hall–Kier alpha value is -8.27. The number of hydrogen-bond donors (Lipinski definition) is 4. The van der Waals surface area contributed by atoms with Gasteiger partial charge in [0.1, 0.15) is 51.7 Å². The zero-order chi connectivity index (χ0) is 70.1. The van der Waals surface area contributed by atoms with Crippen molar-refractivity contribution in [3.05, 3.63) is 209 Å². The van der Waals surface area contributed by atoms with Crippen LogP contribution in [0, 0.1) is 0 Å². The van der Waals surface area contributed by atoms with E-state index < -0.39 is 48.1 Å². The second-order valence-corrected chi connectivity index (χ2v) is 33.4. The number of thiol groups is 1. The molecule has 0 unspecified atom stereocenters. The molecule has 8 aliphatic rings. The predicted molar refractivity (Wildman–Crippen MR) is 383 cm³/mol. The zero-order valence-electron chi connectivity index (χ0n) is 53.9. The maximum absolute atomic E-state index is 13.5. The fourth-order valence-electron chi connectivity index (χ4n) is 13.9. The van der Waals surface area contributed by atoms with E-state index in [9.17, 15) is 28.8 Å². The van der Waals surface area contributed by atoms with Gasteiger partial charge in [-0.25, -0.2) is 49.5 Å². The summed E-state index contributed by atoms with van der Waals surface area (Å²) in [7, 11) is 19.8. The van der Waals surface area contributed by atoms with Crippen molar-refractivity contribution >= 4 is 156 Å². The van der Waals surface area contributed by atoms with Crippen molar-refractivity contribution < 1.29 is 43.0 Å². The van der Waals surface area contributed by atoms with Gasteiger partial charge in [0, 0.05) is 121 Å². The molecule has 0 aromatic carbocycles. The number of halogens is 3. The van der Waals surface area contributed by atoms with Crippen LogP contribution in [-0.2, 0) is 106 Å². The van der Waals surface area contributed by atoms with E-state index in [2.05, 4.69) is 139 Å². The Morgan fingerprint density at radius 3 is 1.40 bits per heavy atom. The number of carbonyl (C=O) groups is 6. The molecule has 8 aromatic heterocycles. The Kier molecular flexibility index (Phi) is 20.9. The molecule has 3 N–H and O–H groups in total. The molecular formula is C66H60B5BrCl2N13O9SSi. The standard InChI is InChI=1S/C20H24ClN3O2Si.C16H12BrN3O3.C16H13N3O3.C14H10ClN3O.B4.BHNS/c1-27(2,3)8-7-26-13-24-18-16(5-4-6-22-18)20(19(24)25)10-14-9-17(21)23-12-15(14)11-20;1-23-14(21)12-2-8-4-16(5-9(8)6-18-12)11-3-10(17)7-19-13(11)20-15(16)22;1-22-14(20)12-5-9-6-16(7-10(9)8-18-12)11-3-2-4-17-13(11)19-15(16)21;15-11-4-8-5-14(6-9(8)7-17-11)10-2-1-3-16-12(10)18-13(14)19;1-4(2)3;1-2-3/h4-6,9,12H,7-8,10-11,13H2,1-3H3;2-3,6-7H,4-5H2,1H3,(H,19,20,22);2-5,8H,6-7H2,1H3,(H,17,19,21);1-4,7H,5-6H2,(H,16,18,19);;3H/t20-;2*16-;14-;;/m0000../s1. The molecule has 0 fully saturated rings. The summed E-state index contributed by atoms with van der Waals surface area (Å²) in [6, 6.07) is 21.7. The monoisotopic (exact) mass is 1440 g/mol. The Bertz CT molecular complexity index is 4550. The number of methoxy groups -OCH3 is 2. The van der Waals surface area contributed by atoms with Crippen LogP contribution in [0.15, 0.2) is 125 Å². The molecule has 22 nitrogen and oxygen atoms in total. The molecular weight excluding hydrogens is 1380 g/mol. The SMILES string of the molecule is COC(=O)c1cc2c(cn1)C[C@]1(C2)C(=O)Nc2ncc(Br)cc21.COC(=O)c1cc2c(cn1)C[C@]1(C2)C(=O)Nc2ncccc21.C[Si](C)(C)CCOCN1C(=O)[C@@]2(Cc3cnc(Cl)cc3C2)c2cccnc21.O=C1Nc2ncccc2[C@]12Cc1cnc(Cl)cc1C2.[B]=NS.[B]B([B])[B]. The normalized spacial score (nSPS) is 20.4. The number of rotatable bonds is 7. The number of pyridine rings is 8. The minimum atomic E-state index is -1.17. The first-order chi connectivity index (χ1) is 46.8. The van der Waals surface area contributed by atoms with E-state index in [1.165, 1.54) is 14.2 Å². The Morgan fingerprint density at radius 1 is 0.571 bits per heavy atom. The molecule has 98 heavy (non-hydrogen) atoms. The van der Waals surface area contributed by atoms with Gasteiger partial charge in [-0.3, -0.25) is 24.1 Å². The fraction of sp³-hybridized carbons (Fsp3) is 0.303. The summed E-state index contributed by atoms with van der Waals surface area (Å²) in [5.41, 5.74) is 10.1. The van der Waals surface area contributed by atoms with E-state index in [0.29, 0.717) is 85.7 Å². The number of carbonyl (C=O) groups excluding carboxylic acids is 6. The van der Waals surface area contributed by atoms with Crippen LogP contribution in [-0.4, -0.2) is 148 Å². The van der Waals surface area contributed by atoms with E-state index in [1.807, 2.05) is 54.6 Å². The number of anilines is 4. The number of esters is 2. The van der Waals surface area contributed by atoms with E-state index >= 15 is 0 Å². The van der Waals surface area contributed by atoms with Gasteiger partial charge in [-0.05, 0) is 166 Å². The van der Waals surface area contributed by atoms with Gasteiger partial charge in [-0.15, -0.1) is 0 Å². The molecule has 16 rings (SSSR count). The summed E-state index contributed by atoms with van der Waals surface area (Å²) < 4.78 is 18.8. The van der Waals surface area contributed by atoms with Gasteiger partial charge < -0.3 is 30.2 Å². The second-order valence-electron chi connectivity index (χ2n) is 25.8. The number of amides is 4. The van der Waals surface area contributed by atoms with E-state index in [0.717, 1.165) is 83.1 Å². The summed E-state index contributed by atoms with van der Waals surface area (Å²) in [5.74, 6) is 1.67. The Labute approximate surface area is 595 Å². The summed E-state index contributed by atoms with van der Waals surface area (Å²) in [5, 5.41) is 9.53. The summed E-state index contributed by atoms with van der Waals surface area (Å²) in [6.07, 6.45) is 17.8. The van der Waals surface area contributed by atoms with Crippen molar-refractivity contribution in [2.45, 2.75) is 98.7 Å². The van der Waals surface area contributed by atoms with Crippen LogP contribution in [0.3, 0.4) is 0 Å². The van der Waals surface area contributed by atoms with Gasteiger partial charge in [0.05, 0.1) is 35.9 Å². The third-order valence-electron chi connectivity index (χ3n) is 18.4. The topological polar surface area (TPSA) is 285 Å². The third-order valence-corrected chi connectivity index (χ3v) is 21.0. The predicted octanol–water partition coefficient (Wildman–Crippen LogP) is 7.87. The summed E-state index contributed by atoms with van der Waals surface area (Å²) >= 11 is 18.6. The van der Waals surface area contributed by atoms with Crippen LogP contribution in [0.2, 0.25) is 36.0 Å². The van der Waals surface area contributed by atoms with E-state index in [1.54, 1.807) is 66.6 Å². The molecule has 4 aliphatic heterocycles. The molecule has 0 saturated heterocycles. The van der Waals surface area contributed by atoms with Gasteiger partial charge in [-0.2, -0.15) is 0 Å². The first kappa shape index (κ1) is 71.0. The van der Waals surface area contributed by atoms with Crippen molar-refractivity contribution in [2.75, 3.05) is 48.4 Å². The summed E-state index contributed by atoms with van der Waals surface area (Å²) in [4.78, 5) is 110. The van der Waals surface area contributed by atoms with Crippen molar-refractivity contribution in [2.24, 2.45) is 4.30 Å². The fourth-order valence-corrected chi connectivity index (χ4v) is 15.3. The molecule has 4 spiro atoms. The molecule has 12 heterocycles. The maximum Gasteiger partial charge on any atom is 0 e. The zero-order valence-corrected chi connectivity index (χ0v) is 58.9. The van der Waals surface area contributed by atoms with Gasteiger partial charge in [0.2, 0.25) is 23.6 Å². The van der Waals surface area contributed by atoms with E-state index in [-0.39, 0.29) is 41.7 Å². The number of hydrogen-bond acceptors (Lipinski definition) is 19. The minimum Gasteiger partial charge on any atom is 0 e. The molecule has 0 bridgehead atoms. The van der Waals surface area contributed by atoms with Crippen LogP contribution in [0.5, 0.6) is 0 Å². The second kappa shape index (κ2) is 28.9. The molecule has 4 aliphatic carbocycles. The number of nitrogens with one attached hydrogen (secondary N) is 3. The summed E-state index contributed by atoms with van der Waals surface area (Å²) in [6.45, 7) is 7.88. The van der Waals surface area contributed by atoms with Gasteiger partial charge in [0.25, 0.3) is 0 Å². The van der Waals surface area contributed by atoms with Crippen LogP contribution in [0.25, 0.3) is 0 Å². The largest absolute Gasteiger partial charge is 0 e. The number of fused-ring (bicyclic) bond motifs is 12. The van der Waals surface area contributed by atoms with Gasteiger partial charge in [0.15, 0.2) is 0 Å². The minimum absolute atomic E-state index is 0.0218. The molecule has 8 aromatic rings. The van der Waals surface area contributed by atoms with Crippen molar-refractivity contribution in [3.63, 3.8) is 0 Å². The van der Waals surface area contributed by atoms with Crippen LogP contribution in [0.1, 0.15) is 87.7 Å². The maximum atomic E-state index is 13.5. The smallest absolute Gasteiger partial charge is 0 e. The quantitative estimate of drug-likeness (QED) is 0.0388. The average Bonchev–Trinajstić information content (AvgIpc) is 1.59. The van der Waals surface area contributed by atoms with Crippen molar-refractivity contribution in [1.82, 2.24) is 39.9 Å². The van der Waals surface area contributed by atoms with Crippen LogP contribution >= 0.6 is 51.9 Å². The molecule has 32 heteroatoms. The molecule has 7 radical (unpaired) electrons. The van der Waals surface area contributed by atoms with E-state index in [4.69, 9.17) is 37.4 Å². The number of aromatic nitrogens is 8. The van der Waals surface area contributed by atoms with Gasteiger partial charge >= 0.3 is 36.7 Å². The molecule has 4 atom stereocenters. The van der Waals surface area contributed by atoms with Crippen molar-refractivity contribution in [1.29, 1.82) is 0 Å². The third kappa shape index (κ3) is 13.9. The van der Waals surface area contributed by atoms with Gasteiger partial charge in [-0.1, -0.05) is 61.0 Å². The van der Waals surface area contributed by atoms with Crippen LogP contribution < -0.4 is 20.9 Å². The molecule has 4 amide bonds. The van der Waals surface area contributed by atoms with Crippen molar-refractivity contribution in [3.8, 4) is 0 Å².